The molecule has 1 N–H and O–H groups in total. The Kier molecular flexibility index (Phi) is 3.75. The number of fused-ring (bicyclic) bond motifs is 2. The molecule has 2 amide bonds. The molecule has 2 atom stereocenters. The Morgan fingerprint density at radius 3 is 2.96 bits per heavy atom. The van der Waals surface area contributed by atoms with E-state index in [-0.39, 0.29) is 24.3 Å². The SMILES string of the molecule is COc1ccc2c(c1)NC(=O)[C@H]2CC(=O)N1CCn2cccc2[C@@H]1C. The molecular formula is C19H21N3O3. The van der Waals surface area contributed by atoms with E-state index in [0.717, 1.165) is 23.5 Å². The van der Waals surface area contributed by atoms with Gasteiger partial charge in [-0.2, -0.15) is 0 Å². The number of amides is 2. The predicted molar refractivity (Wildman–Crippen MR) is 93.5 cm³/mol. The summed E-state index contributed by atoms with van der Waals surface area (Å²) in [5.41, 5.74) is 2.75. The minimum atomic E-state index is -0.436. The monoisotopic (exact) mass is 339 g/mol. The van der Waals surface area contributed by atoms with Gasteiger partial charge in [0.05, 0.1) is 19.1 Å². The Labute approximate surface area is 146 Å². The first kappa shape index (κ1) is 15.7. The minimum absolute atomic E-state index is 0.0174. The van der Waals surface area contributed by atoms with E-state index in [0.29, 0.717) is 12.3 Å². The summed E-state index contributed by atoms with van der Waals surface area (Å²) in [6, 6.07) is 9.58. The van der Waals surface area contributed by atoms with Gasteiger partial charge in [-0.15, -0.1) is 0 Å². The average molecular weight is 339 g/mol. The molecule has 4 rings (SSSR count). The van der Waals surface area contributed by atoms with Crippen molar-refractivity contribution in [3.8, 4) is 5.75 Å². The first-order valence-corrected chi connectivity index (χ1v) is 8.52. The fraction of sp³-hybridized carbons (Fsp3) is 0.368. The number of ether oxygens (including phenoxy) is 1. The topological polar surface area (TPSA) is 63.6 Å². The molecule has 2 aromatic rings. The van der Waals surface area contributed by atoms with Crippen LogP contribution in [0.3, 0.4) is 0 Å². The van der Waals surface area contributed by atoms with Gasteiger partial charge >= 0.3 is 0 Å². The molecule has 0 saturated carbocycles. The number of rotatable bonds is 3. The first-order valence-electron chi connectivity index (χ1n) is 8.52. The number of hydrogen-bond donors (Lipinski definition) is 1. The maximum absolute atomic E-state index is 12.9. The Morgan fingerprint density at radius 2 is 2.16 bits per heavy atom. The second-order valence-corrected chi connectivity index (χ2v) is 6.59. The summed E-state index contributed by atoms with van der Waals surface area (Å²) in [5.74, 6) is 0.152. The molecule has 1 aromatic heterocycles. The highest BCUT2D eigenvalue weighted by molar-refractivity contribution is 6.05. The molecule has 0 unspecified atom stereocenters. The van der Waals surface area contributed by atoms with Crippen molar-refractivity contribution in [3.63, 3.8) is 0 Å². The van der Waals surface area contributed by atoms with E-state index in [1.165, 1.54) is 0 Å². The van der Waals surface area contributed by atoms with E-state index in [1.54, 1.807) is 13.2 Å². The Balaban J connectivity index is 1.53. The third kappa shape index (κ3) is 2.58. The van der Waals surface area contributed by atoms with Crippen molar-refractivity contribution < 1.29 is 14.3 Å². The minimum Gasteiger partial charge on any atom is -0.497 e. The smallest absolute Gasteiger partial charge is 0.232 e. The zero-order chi connectivity index (χ0) is 17.6. The fourth-order valence-electron chi connectivity index (χ4n) is 3.85. The summed E-state index contributed by atoms with van der Waals surface area (Å²) >= 11 is 0. The van der Waals surface area contributed by atoms with Gasteiger partial charge in [0.1, 0.15) is 5.75 Å². The predicted octanol–water partition coefficient (Wildman–Crippen LogP) is 2.53. The zero-order valence-corrected chi connectivity index (χ0v) is 14.4. The van der Waals surface area contributed by atoms with Crippen LogP contribution in [0.1, 0.15) is 36.6 Å². The highest BCUT2D eigenvalue weighted by Crippen LogP contribution is 2.38. The zero-order valence-electron chi connectivity index (χ0n) is 14.4. The molecule has 0 spiro atoms. The van der Waals surface area contributed by atoms with Crippen molar-refractivity contribution >= 4 is 17.5 Å². The van der Waals surface area contributed by atoms with E-state index in [1.807, 2.05) is 42.3 Å². The maximum atomic E-state index is 12.9. The molecular weight excluding hydrogens is 318 g/mol. The van der Waals surface area contributed by atoms with E-state index in [2.05, 4.69) is 9.88 Å². The number of nitrogens with one attached hydrogen (secondary N) is 1. The van der Waals surface area contributed by atoms with Crippen molar-refractivity contribution in [2.24, 2.45) is 0 Å². The Hall–Kier alpha value is -2.76. The standard InChI is InChI=1S/C19H21N3O3/c1-12-17-4-3-7-21(17)8-9-22(12)18(23)11-15-14-6-5-13(25-2)10-16(14)20-19(15)24/h3-7,10,12,15H,8-9,11H2,1-2H3,(H,20,24)/t12-,15-/m0/s1. The second kappa shape index (κ2) is 5.95. The third-order valence-electron chi connectivity index (χ3n) is 5.25. The van der Waals surface area contributed by atoms with Gasteiger partial charge in [-0.3, -0.25) is 9.59 Å². The van der Waals surface area contributed by atoms with Crippen molar-refractivity contribution in [1.29, 1.82) is 0 Å². The highest BCUT2D eigenvalue weighted by atomic mass is 16.5. The summed E-state index contributed by atoms with van der Waals surface area (Å²) in [7, 11) is 1.59. The van der Waals surface area contributed by atoms with Gasteiger partial charge in [0.2, 0.25) is 11.8 Å². The van der Waals surface area contributed by atoms with Crippen LogP contribution in [0.25, 0.3) is 0 Å². The van der Waals surface area contributed by atoms with Gasteiger partial charge in [0.25, 0.3) is 0 Å². The van der Waals surface area contributed by atoms with Crippen LogP contribution >= 0.6 is 0 Å². The number of methoxy groups -OCH3 is 1. The molecule has 0 radical (unpaired) electrons. The van der Waals surface area contributed by atoms with Crippen LogP contribution in [0.2, 0.25) is 0 Å². The van der Waals surface area contributed by atoms with Gasteiger partial charge in [-0.05, 0) is 30.7 Å². The van der Waals surface area contributed by atoms with Gasteiger partial charge in [0.15, 0.2) is 0 Å². The van der Waals surface area contributed by atoms with E-state index < -0.39 is 5.92 Å². The molecule has 2 aliphatic heterocycles. The number of aromatic nitrogens is 1. The number of anilines is 1. The molecule has 0 fully saturated rings. The lowest BCUT2D eigenvalue weighted by Crippen LogP contribution is -2.41. The van der Waals surface area contributed by atoms with E-state index in [9.17, 15) is 9.59 Å². The number of carbonyl (C=O) groups excluding carboxylic acids is 2. The molecule has 25 heavy (non-hydrogen) atoms. The quantitative estimate of drug-likeness (QED) is 0.935. The molecule has 0 saturated heterocycles. The van der Waals surface area contributed by atoms with Crippen molar-refractivity contribution in [2.45, 2.75) is 31.8 Å². The van der Waals surface area contributed by atoms with Crippen LogP contribution in [0.15, 0.2) is 36.5 Å². The number of nitrogens with zero attached hydrogens (tertiary/aromatic N) is 2. The lowest BCUT2D eigenvalue weighted by molar-refractivity contribution is -0.136. The van der Waals surface area contributed by atoms with Crippen molar-refractivity contribution in [1.82, 2.24) is 9.47 Å². The summed E-state index contributed by atoms with van der Waals surface area (Å²) in [4.78, 5) is 27.1. The second-order valence-electron chi connectivity index (χ2n) is 6.59. The molecule has 0 bridgehead atoms. The number of benzene rings is 1. The van der Waals surface area contributed by atoms with Gasteiger partial charge in [-0.25, -0.2) is 0 Å². The lowest BCUT2D eigenvalue weighted by Gasteiger charge is -2.35. The highest BCUT2D eigenvalue weighted by Gasteiger charge is 2.35. The number of carbonyl (C=O) groups is 2. The molecule has 0 aliphatic carbocycles. The Bertz CT molecular complexity index is 842. The van der Waals surface area contributed by atoms with Crippen molar-refractivity contribution in [2.75, 3.05) is 19.0 Å². The largest absolute Gasteiger partial charge is 0.497 e. The van der Waals surface area contributed by atoms with E-state index in [4.69, 9.17) is 4.74 Å². The van der Waals surface area contributed by atoms with Crippen LogP contribution < -0.4 is 10.1 Å². The van der Waals surface area contributed by atoms with E-state index >= 15 is 0 Å². The van der Waals surface area contributed by atoms with Crippen molar-refractivity contribution in [3.05, 3.63) is 47.8 Å². The van der Waals surface area contributed by atoms with Crippen LogP contribution in [0.5, 0.6) is 5.75 Å². The third-order valence-corrected chi connectivity index (χ3v) is 5.25. The average Bonchev–Trinajstić information content (AvgIpc) is 3.20. The summed E-state index contributed by atoms with van der Waals surface area (Å²) in [6.07, 6.45) is 2.23. The molecule has 130 valence electrons. The molecule has 3 heterocycles. The first-order chi connectivity index (χ1) is 12.1. The summed E-state index contributed by atoms with van der Waals surface area (Å²) in [5, 5.41) is 2.86. The van der Waals surface area contributed by atoms with Crippen LogP contribution in [0.4, 0.5) is 5.69 Å². The molecule has 2 aliphatic rings. The summed E-state index contributed by atoms with van der Waals surface area (Å²) in [6.45, 7) is 3.50. The molecule has 6 nitrogen and oxygen atoms in total. The van der Waals surface area contributed by atoms with Gasteiger partial charge in [-0.1, -0.05) is 6.07 Å². The molecule has 6 heteroatoms. The van der Waals surface area contributed by atoms with Gasteiger partial charge < -0.3 is 19.5 Å². The maximum Gasteiger partial charge on any atom is 0.232 e. The number of hydrogen-bond acceptors (Lipinski definition) is 3. The summed E-state index contributed by atoms with van der Waals surface area (Å²) < 4.78 is 7.38. The normalized spacial score (nSPS) is 21.5. The fourth-order valence-corrected chi connectivity index (χ4v) is 3.85. The Morgan fingerprint density at radius 1 is 1.32 bits per heavy atom. The molecule has 1 aromatic carbocycles. The van der Waals surface area contributed by atoms with Gasteiger partial charge in [0, 0.05) is 43.2 Å². The van der Waals surface area contributed by atoms with Crippen LogP contribution in [-0.4, -0.2) is 34.9 Å². The van der Waals surface area contributed by atoms with Crippen LogP contribution in [-0.2, 0) is 16.1 Å². The van der Waals surface area contributed by atoms with Crippen LogP contribution in [0, 0.1) is 0 Å². The lowest BCUT2D eigenvalue weighted by atomic mass is 9.96.